The van der Waals surface area contributed by atoms with Crippen molar-refractivity contribution in [1.29, 1.82) is 0 Å². The minimum Gasteiger partial charge on any atom is -0.297 e. The predicted molar refractivity (Wildman–Crippen MR) is 103 cm³/mol. The molecule has 2 nitrogen and oxygen atoms in total. The van der Waals surface area contributed by atoms with Crippen LogP contribution in [0.25, 0.3) is 16.2 Å². The SMILES string of the molecule is Cc1ccc(-c2cn3cc(Cc4cc(Cl)ccc4Cl)sc3n2)cc1. The highest BCUT2D eigenvalue weighted by atomic mass is 35.5. The maximum Gasteiger partial charge on any atom is 0.194 e. The summed E-state index contributed by atoms with van der Waals surface area (Å²) in [6, 6.07) is 14.0. The predicted octanol–water partition coefficient (Wildman–Crippen LogP) is 6.27. The molecule has 5 heteroatoms. The molecule has 0 spiro atoms. The van der Waals surface area contributed by atoms with Crippen LogP contribution >= 0.6 is 34.5 Å². The van der Waals surface area contributed by atoms with Crippen molar-refractivity contribution < 1.29 is 0 Å². The van der Waals surface area contributed by atoms with Crippen LogP contribution in [0.5, 0.6) is 0 Å². The number of thiazole rings is 1. The van der Waals surface area contributed by atoms with Gasteiger partial charge in [-0.15, -0.1) is 11.3 Å². The zero-order valence-corrected chi connectivity index (χ0v) is 15.3. The van der Waals surface area contributed by atoms with Gasteiger partial charge in [0.2, 0.25) is 0 Å². The van der Waals surface area contributed by atoms with Crippen LogP contribution in [0.1, 0.15) is 16.0 Å². The van der Waals surface area contributed by atoms with Crippen molar-refractivity contribution in [3.05, 3.63) is 80.9 Å². The Balaban J connectivity index is 1.64. The summed E-state index contributed by atoms with van der Waals surface area (Å²) >= 11 is 14.0. The Morgan fingerprint density at radius 2 is 1.83 bits per heavy atom. The summed E-state index contributed by atoms with van der Waals surface area (Å²) in [5.74, 6) is 0. The highest BCUT2D eigenvalue weighted by Gasteiger charge is 2.10. The Hall–Kier alpha value is -1.81. The van der Waals surface area contributed by atoms with E-state index in [1.807, 2.05) is 18.2 Å². The monoisotopic (exact) mass is 372 g/mol. The Labute approximate surface area is 154 Å². The maximum atomic E-state index is 6.26. The molecule has 0 bridgehead atoms. The third-order valence-corrected chi connectivity index (χ3v) is 5.52. The summed E-state index contributed by atoms with van der Waals surface area (Å²) in [6.07, 6.45) is 4.94. The lowest BCUT2D eigenvalue weighted by atomic mass is 10.1. The summed E-state index contributed by atoms with van der Waals surface area (Å²) in [7, 11) is 0. The second-order valence-corrected chi connectivity index (χ2v) is 7.73. The van der Waals surface area contributed by atoms with Gasteiger partial charge in [-0.1, -0.05) is 53.0 Å². The van der Waals surface area contributed by atoms with Crippen molar-refractivity contribution in [3.8, 4) is 11.3 Å². The number of aryl methyl sites for hydroxylation is 1. The number of aromatic nitrogens is 2. The van der Waals surface area contributed by atoms with Gasteiger partial charge in [0.15, 0.2) is 4.96 Å². The van der Waals surface area contributed by atoms with Gasteiger partial charge in [-0.2, -0.15) is 0 Å². The first-order valence-corrected chi connectivity index (χ1v) is 9.14. The Kier molecular flexibility index (Phi) is 4.09. The van der Waals surface area contributed by atoms with Gasteiger partial charge in [-0.25, -0.2) is 4.98 Å². The molecular formula is C19H14Cl2N2S. The van der Waals surface area contributed by atoms with Crippen molar-refractivity contribution in [2.45, 2.75) is 13.3 Å². The van der Waals surface area contributed by atoms with Crippen molar-refractivity contribution >= 4 is 39.5 Å². The van der Waals surface area contributed by atoms with E-state index < -0.39 is 0 Å². The van der Waals surface area contributed by atoms with Gasteiger partial charge in [0.1, 0.15) is 0 Å². The van der Waals surface area contributed by atoms with Gasteiger partial charge in [-0.3, -0.25) is 4.40 Å². The van der Waals surface area contributed by atoms with E-state index in [4.69, 9.17) is 28.2 Å². The molecule has 2 aromatic carbocycles. The second kappa shape index (κ2) is 6.25. The lowest BCUT2D eigenvalue weighted by Gasteiger charge is -2.02. The number of nitrogens with zero attached hydrogens (tertiary/aromatic N) is 2. The number of fused-ring (bicyclic) bond motifs is 1. The van der Waals surface area contributed by atoms with Gasteiger partial charge < -0.3 is 0 Å². The fourth-order valence-corrected chi connectivity index (χ4v) is 4.02. The Morgan fingerprint density at radius 3 is 2.58 bits per heavy atom. The summed E-state index contributed by atoms with van der Waals surface area (Å²) in [5.41, 5.74) is 4.41. The van der Waals surface area contributed by atoms with Gasteiger partial charge in [-0.05, 0) is 30.7 Å². The molecule has 0 aliphatic heterocycles. The van der Waals surface area contributed by atoms with E-state index in [0.717, 1.165) is 33.2 Å². The Morgan fingerprint density at radius 1 is 1.04 bits per heavy atom. The lowest BCUT2D eigenvalue weighted by Crippen LogP contribution is -1.87. The zero-order valence-electron chi connectivity index (χ0n) is 13.0. The van der Waals surface area contributed by atoms with Crippen LogP contribution < -0.4 is 0 Å². The molecule has 0 N–H and O–H groups in total. The summed E-state index contributed by atoms with van der Waals surface area (Å²) in [6.45, 7) is 2.09. The molecule has 0 saturated heterocycles. The number of imidazole rings is 1. The van der Waals surface area contributed by atoms with E-state index in [9.17, 15) is 0 Å². The van der Waals surface area contributed by atoms with Crippen molar-refractivity contribution in [1.82, 2.24) is 9.38 Å². The quantitative estimate of drug-likeness (QED) is 0.414. The molecule has 0 fully saturated rings. The van der Waals surface area contributed by atoms with Crippen LogP contribution in [0.2, 0.25) is 10.0 Å². The average Bonchev–Trinajstić information content (AvgIpc) is 3.10. The molecule has 0 radical (unpaired) electrons. The van der Waals surface area contributed by atoms with E-state index in [1.54, 1.807) is 11.3 Å². The molecule has 0 unspecified atom stereocenters. The molecule has 4 rings (SSSR count). The molecule has 120 valence electrons. The highest BCUT2D eigenvalue weighted by Crippen LogP contribution is 2.28. The van der Waals surface area contributed by atoms with Crippen molar-refractivity contribution in [2.75, 3.05) is 0 Å². The molecule has 2 aromatic heterocycles. The fourth-order valence-electron chi connectivity index (χ4n) is 2.65. The molecule has 4 aromatic rings. The first-order valence-electron chi connectivity index (χ1n) is 7.57. The zero-order chi connectivity index (χ0) is 16.7. The largest absolute Gasteiger partial charge is 0.297 e. The van der Waals surface area contributed by atoms with Crippen LogP contribution in [-0.2, 0) is 6.42 Å². The summed E-state index contributed by atoms with van der Waals surface area (Å²) in [5, 5.41) is 1.45. The minimum absolute atomic E-state index is 0.706. The number of benzene rings is 2. The molecule has 24 heavy (non-hydrogen) atoms. The topological polar surface area (TPSA) is 17.3 Å². The van der Waals surface area contributed by atoms with Crippen LogP contribution in [0.3, 0.4) is 0 Å². The van der Waals surface area contributed by atoms with Gasteiger partial charge in [0.05, 0.1) is 5.69 Å². The van der Waals surface area contributed by atoms with Crippen LogP contribution in [0.15, 0.2) is 54.9 Å². The van der Waals surface area contributed by atoms with E-state index in [-0.39, 0.29) is 0 Å². The van der Waals surface area contributed by atoms with E-state index >= 15 is 0 Å². The third-order valence-electron chi connectivity index (χ3n) is 3.92. The molecule has 0 aliphatic rings. The van der Waals surface area contributed by atoms with Gasteiger partial charge in [0.25, 0.3) is 0 Å². The molecular weight excluding hydrogens is 359 g/mol. The highest BCUT2D eigenvalue weighted by molar-refractivity contribution is 7.17. The van der Waals surface area contributed by atoms with E-state index in [1.165, 1.54) is 10.4 Å². The first-order chi connectivity index (χ1) is 11.6. The summed E-state index contributed by atoms with van der Waals surface area (Å²) < 4.78 is 2.08. The normalized spacial score (nSPS) is 11.3. The first kappa shape index (κ1) is 15.7. The maximum absolute atomic E-state index is 6.26. The summed E-state index contributed by atoms with van der Waals surface area (Å²) in [4.78, 5) is 6.93. The van der Waals surface area contributed by atoms with Crippen molar-refractivity contribution in [3.63, 3.8) is 0 Å². The minimum atomic E-state index is 0.706. The number of hydrogen-bond acceptors (Lipinski definition) is 2. The average molecular weight is 373 g/mol. The standard InChI is InChI=1S/C19H14Cl2N2S/c1-12-2-4-13(5-3-12)18-11-23-10-16(24-19(23)22-18)9-14-8-15(20)6-7-17(14)21/h2-8,10-11H,9H2,1H3. The van der Waals surface area contributed by atoms with Gasteiger partial charge in [0, 0.05) is 39.3 Å². The molecule has 0 saturated carbocycles. The lowest BCUT2D eigenvalue weighted by molar-refractivity contribution is 1.16. The number of halogens is 2. The van der Waals surface area contributed by atoms with E-state index in [2.05, 4.69) is 48.0 Å². The molecule has 0 aliphatic carbocycles. The third kappa shape index (κ3) is 3.07. The van der Waals surface area contributed by atoms with Gasteiger partial charge >= 0.3 is 0 Å². The van der Waals surface area contributed by atoms with Crippen LogP contribution in [-0.4, -0.2) is 9.38 Å². The van der Waals surface area contributed by atoms with E-state index in [0.29, 0.717) is 5.02 Å². The van der Waals surface area contributed by atoms with Crippen molar-refractivity contribution in [2.24, 2.45) is 0 Å². The number of hydrogen-bond donors (Lipinski definition) is 0. The van der Waals surface area contributed by atoms with Crippen LogP contribution in [0.4, 0.5) is 0 Å². The molecule has 2 heterocycles. The van der Waals surface area contributed by atoms with Crippen LogP contribution in [0, 0.1) is 6.92 Å². The molecule has 0 amide bonds. The Bertz CT molecular complexity index is 984. The molecule has 0 atom stereocenters. The fraction of sp³-hybridized carbons (Fsp3) is 0.105. The smallest absolute Gasteiger partial charge is 0.194 e. The second-order valence-electron chi connectivity index (χ2n) is 5.79. The number of rotatable bonds is 3.